The average molecular weight is 337 g/mol. The molecule has 2 N–H and O–H groups in total. The number of guanidine groups is 1. The molecule has 16 heavy (non-hydrogen) atoms. The summed E-state index contributed by atoms with van der Waals surface area (Å²) in [5, 5.41) is 7.05. The van der Waals surface area contributed by atoms with Crippen molar-refractivity contribution < 1.29 is 0 Å². The number of rotatable bonds is 3. The number of halogens is 1. The largest absolute Gasteiger partial charge is 0.354 e. The van der Waals surface area contributed by atoms with E-state index < -0.39 is 0 Å². The molecule has 0 amide bonds. The molecule has 0 aromatic rings. The third-order valence-electron chi connectivity index (χ3n) is 3.18. The summed E-state index contributed by atoms with van der Waals surface area (Å²) < 4.78 is 0. The van der Waals surface area contributed by atoms with Crippen molar-refractivity contribution in [2.75, 3.05) is 6.54 Å². The zero-order chi connectivity index (χ0) is 10.5. The van der Waals surface area contributed by atoms with Crippen molar-refractivity contribution in [1.29, 1.82) is 0 Å². The molecule has 2 fully saturated rings. The highest BCUT2D eigenvalue weighted by molar-refractivity contribution is 14.0. The second kappa shape index (κ2) is 7.35. The van der Waals surface area contributed by atoms with E-state index in [1.54, 1.807) is 0 Å². The number of nitrogens with zero attached hydrogens (tertiary/aromatic N) is 1. The smallest absolute Gasteiger partial charge is 0.191 e. The summed E-state index contributed by atoms with van der Waals surface area (Å²) in [6.45, 7) is 2.96. The Labute approximate surface area is 116 Å². The van der Waals surface area contributed by atoms with Crippen LogP contribution in [0.4, 0.5) is 0 Å². The SMILES string of the molecule is CCN=C(NC1CCCCC1)NC1CC1.I. The Bertz CT molecular complexity index is 220. The van der Waals surface area contributed by atoms with Gasteiger partial charge in [0.1, 0.15) is 0 Å². The minimum atomic E-state index is 0. The Morgan fingerprint density at radius 1 is 1.00 bits per heavy atom. The summed E-state index contributed by atoms with van der Waals surface area (Å²) in [4.78, 5) is 4.49. The Kier molecular flexibility index (Phi) is 6.46. The van der Waals surface area contributed by atoms with Crippen LogP contribution in [0.25, 0.3) is 0 Å². The average Bonchev–Trinajstić information content (AvgIpc) is 3.03. The maximum absolute atomic E-state index is 4.49. The van der Waals surface area contributed by atoms with Crippen molar-refractivity contribution in [3.05, 3.63) is 0 Å². The van der Waals surface area contributed by atoms with Gasteiger partial charge in [-0.25, -0.2) is 0 Å². The Hall–Kier alpha value is 0. The van der Waals surface area contributed by atoms with Crippen LogP contribution >= 0.6 is 24.0 Å². The molecule has 0 bridgehead atoms. The maximum Gasteiger partial charge on any atom is 0.191 e. The van der Waals surface area contributed by atoms with Gasteiger partial charge < -0.3 is 10.6 Å². The minimum Gasteiger partial charge on any atom is -0.354 e. The highest BCUT2D eigenvalue weighted by Crippen LogP contribution is 2.20. The van der Waals surface area contributed by atoms with Gasteiger partial charge in [-0.2, -0.15) is 0 Å². The molecule has 0 aromatic carbocycles. The molecule has 2 saturated carbocycles. The molecule has 0 aliphatic heterocycles. The minimum absolute atomic E-state index is 0. The second-order valence-corrected chi connectivity index (χ2v) is 4.72. The molecule has 2 aliphatic rings. The van der Waals surface area contributed by atoms with Crippen molar-refractivity contribution in [3.63, 3.8) is 0 Å². The fourth-order valence-corrected chi connectivity index (χ4v) is 2.15. The lowest BCUT2D eigenvalue weighted by Crippen LogP contribution is -2.45. The third kappa shape index (κ3) is 4.89. The van der Waals surface area contributed by atoms with Gasteiger partial charge in [-0.15, -0.1) is 24.0 Å². The van der Waals surface area contributed by atoms with Crippen LogP contribution in [0.15, 0.2) is 4.99 Å². The van der Waals surface area contributed by atoms with E-state index in [1.165, 1.54) is 44.9 Å². The summed E-state index contributed by atoms with van der Waals surface area (Å²) in [5.41, 5.74) is 0. The lowest BCUT2D eigenvalue weighted by molar-refractivity contribution is 0.410. The van der Waals surface area contributed by atoms with Gasteiger partial charge in [0.05, 0.1) is 0 Å². The van der Waals surface area contributed by atoms with Gasteiger partial charge in [0.15, 0.2) is 5.96 Å². The number of hydrogen-bond donors (Lipinski definition) is 2. The first-order chi connectivity index (χ1) is 7.38. The van der Waals surface area contributed by atoms with Crippen molar-refractivity contribution in [2.45, 2.75) is 64.0 Å². The van der Waals surface area contributed by atoms with Gasteiger partial charge in [0, 0.05) is 18.6 Å². The molecule has 3 nitrogen and oxygen atoms in total. The van der Waals surface area contributed by atoms with E-state index >= 15 is 0 Å². The molecule has 0 heterocycles. The summed E-state index contributed by atoms with van der Waals surface area (Å²) >= 11 is 0. The van der Waals surface area contributed by atoms with Crippen LogP contribution in [0.5, 0.6) is 0 Å². The van der Waals surface area contributed by atoms with Gasteiger partial charge in [0.2, 0.25) is 0 Å². The summed E-state index contributed by atoms with van der Waals surface area (Å²) in [5.74, 6) is 1.05. The van der Waals surface area contributed by atoms with Crippen LogP contribution in [0.1, 0.15) is 51.9 Å². The quantitative estimate of drug-likeness (QED) is 0.472. The zero-order valence-electron chi connectivity index (χ0n) is 10.2. The molecule has 0 atom stereocenters. The van der Waals surface area contributed by atoms with Crippen LogP contribution in [-0.4, -0.2) is 24.6 Å². The lowest BCUT2D eigenvalue weighted by atomic mass is 9.96. The second-order valence-electron chi connectivity index (χ2n) is 4.72. The van der Waals surface area contributed by atoms with Gasteiger partial charge >= 0.3 is 0 Å². The lowest BCUT2D eigenvalue weighted by Gasteiger charge is -2.25. The first-order valence-electron chi connectivity index (χ1n) is 6.46. The molecule has 0 spiro atoms. The van der Waals surface area contributed by atoms with Gasteiger partial charge in [0.25, 0.3) is 0 Å². The maximum atomic E-state index is 4.49. The molecular formula is C12H24IN3. The topological polar surface area (TPSA) is 36.4 Å². The Morgan fingerprint density at radius 3 is 2.06 bits per heavy atom. The summed E-state index contributed by atoms with van der Waals surface area (Å²) in [6, 6.07) is 1.36. The number of aliphatic imine (C=N–C) groups is 1. The van der Waals surface area contributed by atoms with Gasteiger partial charge in [-0.1, -0.05) is 19.3 Å². The van der Waals surface area contributed by atoms with E-state index in [0.29, 0.717) is 12.1 Å². The fourth-order valence-electron chi connectivity index (χ4n) is 2.15. The van der Waals surface area contributed by atoms with Crippen LogP contribution in [0, 0.1) is 0 Å². The van der Waals surface area contributed by atoms with E-state index in [2.05, 4.69) is 22.5 Å². The van der Waals surface area contributed by atoms with Crippen molar-refractivity contribution in [2.24, 2.45) is 4.99 Å². The van der Waals surface area contributed by atoms with E-state index in [-0.39, 0.29) is 24.0 Å². The monoisotopic (exact) mass is 337 g/mol. The highest BCUT2D eigenvalue weighted by atomic mass is 127. The molecule has 0 saturated heterocycles. The third-order valence-corrected chi connectivity index (χ3v) is 3.18. The molecule has 2 aliphatic carbocycles. The molecule has 2 rings (SSSR count). The standard InChI is InChI=1S/C12H23N3.HI/c1-2-13-12(15-11-8-9-11)14-10-6-4-3-5-7-10;/h10-11H,2-9H2,1H3,(H2,13,14,15);1H. The number of hydrogen-bond acceptors (Lipinski definition) is 1. The summed E-state index contributed by atoms with van der Waals surface area (Å²) in [6.07, 6.45) is 9.42. The predicted octanol–water partition coefficient (Wildman–Crippen LogP) is 2.65. The van der Waals surface area contributed by atoms with E-state index in [0.717, 1.165) is 12.5 Å². The zero-order valence-corrected chi connectivity index (χ0v) is 12.5. The first kappa shape index (κ1) is 14.1. The Balaban J connectivity index is 0.00000128. The summed E-state index contributed by atoms with van der Waals surface area (Å²) in [7, 11) is 0. The van der Waals surface area contributed by atoms with E-state index in [4.69, 9.17) is 0 Å². The molecule has 0 aromatic heterocycles. The number of nitrogens with one attached hydrogen (secondary N) is 2. The van der Waals surface area contributed by atoms with Crippen LogP contribution in [-0.2, 0) is 0 Å². The molecular weight excluding hydrogens is 313 g/mol. The Morgan fingerprint density at radius 2 is 1.56 bits per heavy atom. The van der Waals surface area contributed by atoms with Crippen LogP contribution in [0.2, 0.25) is 0 Å². The predicted molar refractivity (Wildman–Crippen MR) is 79.6 cm³/mol. The van der Waals surface area contributed by atoms with Crippen LogP contribution < -0.4 is 10.6 Å². The first-order valence-corrected chi connectivity index (χ1v) is 6.46. The normalized spacial score (nSPS) is 22.4. The molecule has 94 valence electrons. The van der Waals surface area contributed by atoms with E-state index in [9.17, 15) is 0 Å². The highest BCUT2D eigenvalue weighted by Gasteiger charge is 2.23. The van der Waals surface area contributed by atoms with Crippen LogP contribution in [0.3, 0.4) is 0 Å². The molecule has 4 heteroatoms. The molecule has 0 radical (unpaired) electrons. The van der Waals surface area contributed by atoms with Crippen molar-refractivity contribution in [1.82, 2.24) is 10.6 Å². The van der Waals surface area contributed by atoms with Crippen molar-refractivity contribution >= 4 is 29.9 Å². The van der Waals surface area contributed by atoms with E-state index in [1.807, 2.05) is 0 Å². The molecule has 0 unspecified atom stereocenters. The van der Waals surface area contributed by atoms with Crippen molar-refractivity contribution in [3.8, 4) is 0 Å². The van der Waals surface area contributed by atoms with Gasteiger partial charge in [-0.05, 0) is 32.6 Å². The van der Waals surface area contributed by atoms with Gasteiger partial charge in [-0.3, -0.25) is 4.99 Å². The fraction of sp³-hybridized carbons (Fsp3) is 0.917.